The smallest absolute Gasteiger partial charge is 0.169 e. The molecule has 4 heteroatoms. The SMILES string of the molecule is COC(CC(=O)c1cccnc1)OC. The Balaban J connectivity index is 2.59. The Morgan fingerprint density at radius 1 is 1.50 bits per heavy atom. The van der Waals surface area contributed by atoms with Gasteiger partial charge in [0.1, 0.15) is 0 Å². The van der Waals surface area contributed by atoms with Crippen molar-refractivity contribution in [2.24, 2.45) is 0 Å². The maximum Gasteiger partial charge on any atom is 0.169 e. The lowest BCUT2D eigenvalue weighted by molar-refractivity contribution is -0.0993. The molecule has 1 heterocycles. The minimum atomic E-state index is -0.484. The summed E-state index contributed by atoms with van der Waals surface area (Å²) in [5, 5.41) is 0. The van der Waals surface area contributed by atoms with Crippen LogP contribution in [0.15, 0.2) is 24.5 Å². The number of hydrogen-bond donors (Lipinski definition) is 0. The van der Waals surface area contributed by atoms with Crippen molar-refractivity contribution >= 4 is 5.78 Å². The fraction of sp³-hybridized carbons (Fsp3) is 0.400. The number of ketones is 1. The second-order valence-corrected chi connectivity index (χ2v) is 2.77. The van der Waals surface area contributed by atoms with Crippen LogP contribution >= 0.6 is 0 Å². The molecule has 1 aromatic rings. The highest BCUT2D eigenvalue weighted by Gasteiger charge is 2.13. The van der Waals surface area contributed by atoms with E-state index >= 15 is 0 Å². The Labute approximate surface area is 82.9 Å². The van der Waals surface area contributed by atoms with Gasteiger partial charge in [-0.1, -0.05) is 0 Å². The number of ether oxygens (including phenoxy) is 2. The molecule has 0 aliphatic carbocycles. The van der Waals surface area contributed by atoms with Crippen molar-refractivity contribution in [1.29, 1.82) is 0 Å². The van der Waals surface area contributed by atoms with E-state index in [9.17, 15) is 4.79 Å². The zero-order chi connectivity index (χ0) is 10.4. The standard InChI is InChI=1S/C10H13NO3/c1-13-10(14-2)6-9(12)8-4-3-5-11-7-8/h3-5,7,10H,6H2,1-2H3. The van der Waals surface area contributed by atoms with Crippen LogP contribution in [0.25, 0.3) is 0 Å². The second kappa shape index (κ2) is 5.47. The van der Waals surface area contributed by atoms with Crippen LogP contribution in [0.2, 0.25) is 0 Å². The first-order valence-electron chi connectivity index (χ1n) is 4.26. The van der Waals surface area contributed by atoms with Crippen molar-refractivity contribution in [2.75, 3.05) is 14.2 Å². The molecule has 0 N–H and O–H groups in total. The molecule has 0 aromatic carbocycles. The number of pyridine rings is 1. The van der Waals surface area contributed by atoms with Crippen LogP contribution in [0.5, 0.6) is 0 Å². The number of carbonyl (C=O) groups is 1. The summed E-state index contributed by atoms with van der Waals surface area (Å²) < 4.78 is 9.86. The molecule has 0 bridgehead atoms. The zero-order valence-electron chi connectivity index (χ0n) is 8.27. The topological polar surface area (TPSA) is 48.4 Å². The quantitative estimate of drug-likeness (QED) is 0.524. The molecule has 0 atom stereocenters. The molecule has 14 heavy (non-hydrogen) atoms. The zero-order valence-corrected chi connectivity index (χ0v) is 8.27. The van der Waals surface area contributed by atoms with Crippen molar-refractivity contribution in [3.8, 4) is 0 Å². The summed E-state index contributed by atoms with van der Waals surface area (Å²) >= 11 is 0. The predicted molar refractivity (Wildman–Crippen MR) is 51.0 cm³/mol. The Kier molecular flexibility index (Phi) is 4.22. The minimum Gasteiger partial charge on any atom is -0.355 e. The lowest BCUT2D eigenvalue weighted by Crippen LogP contribution is -2.18. The maximum absolute atomic E-state index is 11.6. The van der Waals surface area contributed by atoms with Crippen LogP contribution in [-0.2, 0) is 9.47 Å². The van der Waals surface area contributed by atoms with Gasteiger partial charge in [0.15, 0.2) is 12.1 Å². The van der Waals surface area contributed by atoms with Gasteiger partial charge in [0, 0.05) is 32.2 Å². The third-order valence-corrected chi connectivity index (χ3v) is 1.86. The van der Waals surface area contributed by atoms with Gasteiger partial charge >= 0.3 is 0 Å². The van der Waals surface area contributed by atoms with Gasteiger partial charge < -0.3 is 9.47 Å². The van der Waals surface area contributed by atoms with E-state index in [0.29, 0.717) is 5.56 Å². The van der Waals surface area contributed by atoms with Crippen molar-refractivity contribution in [3.05, 3.63) is 30.1 Å². The van der Waals surface area contributed by atoms with Gasteiger partial charge in [-0.05, 0) is 12.1 Å². The molecule has 0 saturated carbocycles. The van der Waals surface area contributed by atoms with Crippen LogP contribution in [0.1, 0.15) is 16.8 Å². The summed E-state index contributed by atoms with van der Waals surface area (Å²) in [6, 6.07) is 3.44. The molecule has 0 amide bonds. The van der Waals surface area contributed by atoms with E-state index in [1.165, 1.54) is 20.4 Å². The van der Waals surface area contributed by atoms with Crippen LogP contribution in [0.3, 0.4) is 0 Å². The molecular formula is C10H13NO3. The molecule has 0 unspecified atom stereocenters. The van der Waals surface area contributed by atoms with Gasteiger partial charge in [0.2, 0.25) is 0 Å². The molecule has 76 valence electrons. The average molecular weight is 195 g/mol. The van der Waals surface area contributed by atoms with Gasteiger partial charge in [0.05, 0.1) is 6.42 Å². The summed E-state index contributed by atoms with van der Waals surface area (Å²) in [6.07, 6.45) is 2.88. The third kappa shape index (κ3) is 2.90. The first kappa shape index (κ1) is 10.8. The highest BCUT2D eigenvalue weighted by Crippen LogP contribution is 2.06. The maximum atomic E-state index is 11.6. The van der Waals surface area contributed by atoms with Gasteiger partial charge in [-0.15, -0.1) is 0 Å². The summed E-state index contributed by atoms with van der Waals surface area (Å²) in [7, 11) is 3.01. The number of nitrogens with zero attached hydrogens (tertiary/aromatic N) is 1. The Morgan fingerprint density at radius 3 is 2.71 bits per heavy atom. The number of rotatable bonds is 5. The van der Waals surface area contributed by atoms with Crippen molar-refractivity contribution in [2.45, 2.75) is 12.7 Å². The largest absolute Gasteiger partial charge is 0.355 e. The van der Waals surface area contributed by atoms with E-state index in [1.807, 2.05) is 0 Å². The molecule has 4 nitrogen and oxygen atoms in total. The highest BCUT2D eigenvalue weighted by molar-refractivity contribution is 5.95. The number of carbonyl (C=O) groups excluding carboxylic acids is 1. The fourth-order valence-electron chi connectivity index (χ4n) is 1.06. The monoisotopic (exact) mass is 195 g/mol. The fourth-order valence-corrected chi connectivity index (χ4v) is 1.06. The molecule has 1 rings (SSSR count). The summed E-state index contributed by atoms with van der Waals surface area (Å²) in [6.45, 7) is 0. The normalized spacial score (nSPS) is 10.5. The van der Waals surface area contributed by atoms with Crippen LogP contribution in [-0.4, -0.2) is 31.3 Å². The second-order valence-electron chi connectivity index (χ2n) is 2.77. The average Bonchev–Trinajstić information content (AvgIpc) is 2.26. The molecule has 0 saturated heterocycles. The van der Waals surface area contributed by atoms with Gasteiger partial charge in [-0.3, -0.25) is 9.78 Å². The van der Waals surface area contributed by atoms with E-state index in [4.69, 9.17) is 9.47 Å². The van der Waals surface area contributed by atoms with Crippen LogP contribution < -0.4 is 0 Å². The molecule has 1 aromatic heterocycles. The first-order chi connectivity index (χ1) is 6.77. The van der Waals surface area contributed by atoms with Gasteiger partial charge in [-0.2, -0.15) is 0 Å². The number of hydrogen-bond acceptors (Lipinski definition) is 4. The van der Waals surface area contributed by atoms with Gasteiger partial charge in [-0.25, -0.2) is 0 Å². The van der Waals surface area contributed by atoms with E-state index < -0.39 is 6.29 Å². The highest BCUT2D eigenvalue weighted by atomic mass is 16.7. The summed E-state index contributed by atoms with van der Waals surface area (Å²) in [4.78, 5) is 15.4. The van der Waals surface area contributed by atoms with E-state index in [2.05, 4.69) is 4.98 Å². The van der Waals surface area contributed by atoms with E-state index in [1.54, 1.807) is 18.3 Å². The predicted octanol–water partition coefficient (Wildman–Crippen LogP) is 1.27. The summed E-state index contributed by atoms with van der Waals surface area (Å²) in [5.74, 6) is -0.0354. The molecule has 0 aliphatic rings. The Morgan fingerprint density at radius 2 is 2.21 bits per heavy atom. The molecule has 0 spiro atoms. The minimum absolute atomic E-state index is 0.0354. The molecule has 0 fully saturated rings. The Bertz CT molecular complexity index is 283. The lowest BCUT2D eigenvalue weighted by Gasteiger charge is -2.11. The van der Waals surface area contributed by atoms with Crippen LogP contribution in [0.4, 0.5) is 0 Å². The molecular weight excluding hydrogens is 182 g/mol. The Hall–Kier alpha value is -1.26. The van der Waals surface area contributed by atoms with E-state index in [-0.39, 0.29) is 12.2 Å². The van der Waals surface area contributed by atoms with E-state index in [0.717, 1.165) is 0 Å². The third-order valence-electron chi connectivity index (χ3n) is 1.86. The van der Waals surface area contributed by atoms with Crippen molar-refractivity contribution in [3.63, 3.8) is 0 Å². The van der Waals surface area contributed by atoms with Gasteiger partial charge in [0.25, 0.3) is 0 Å². The first-order valence-corrected chi connectivity index (χ1v) is 4.26. The molecule has 0 radical (unpaired) electrons. The molecule has 0 aliphatic heterocycles. The number of methoxy groups -OCH3 is 2. The number of aromatic nitrogens is 1. The lowest BCUT2D eigenvalue weighted by atomic mass is 10.1. The number of Topliss-reactive ketones (excluding diaryl/α,β-unsaturated/α-hetero) is 1. The van der Waals surface area contributed by atoms with Crippen LogP contribution in [0, 0.1) is 0 Å². The van der Waals surface area contributed by atoms with Crippen molar-refractivity contribution in [1.82, 2.24) is 4.98 Å². The summed E-state index contributed by atoms with van der Waals surface area (Å²) in [5.41, 5.74) is 0.576. The van der Waals surface area contributed by atoms with Crippen molar-refractivity contribution < 1.29 is 14.3 Å².